The molecule has 3 rings (SSSR count). The molecule has 1 saturated carbocycles. The van der Waals surface area contributed by atoms with Gasteiger partial charge in [0.2, 0.25) is 0 Å². The zero-order valence-electron chi connectivity index (χ0n) is 11.2. The van der Waals surface area contributed by atoms with Crippen molar-refractivity contribution in [2.45, 2.75) is 26.3 Å². The minimum Gasteiger partial charge on any atom is -0.309 e. The van der Waals surface area contributed by atoms with Crippen LogP contribution in [-0.2, 0) is 6.54 Å². The van der Waals surface area contributed by atoms with Gasteiger partial charge in [0.25, 0.3) is 0 Å². The van der Waals surface area contributed by atoms with Gasteiger partial charge in [-0.25, -0.2) is 0 Å². The maximum Gasteiger partial charge on any atom is 0.320 e. The first-order chi connectivity index (χ1) is 9.56. The van der Waals surface area contributed by atoms with Crippen LogP contribution >= 0.6 is 11.6 Å². The van der Waals surface area contributed by atoms with Crippen LogP contribution in [0.5, 0.6) is 0 Å². The first-order valence-corrected chi connectivity index (χ1v) is 7.02. The molecule has 4 nitrogen and oxygen atoms in total. The molecule has 2 aromatic rings. The molecule has 5 heteroatoms. The number of aryl methyl sites for hydroxylation is 1. The third-order valence-corrected chi connectivity index (χ3v) is 4.05. The van der Waals surface area contributed by atoms with Gasteiger partial charge in [-0.05, 0) is 49.4 Å². The highest BCUT2D eigenvalue weighted by molar-refractivity contribution is 6.31. The number of benzene rings is 1. The second kappa shape index (κ2) is 4.94. The van der Waals surface area contributed by atoms with Gasteiger partial charge in [0.05, 0.1) is 0 Å². The Hall–Kier alpha value is -1.81. The van der Waals surface area contributed by atoms with Crippen molar-refractivity contribution in [1.82, 2.24) is 9.13 Å². The molecule has 0 atom stereocenters. The van der Waals surface area contributed by atoms with Gasteiger partial charge in [-0.3, -0.25) is 14.2 Å². The van der Waals surface area contributed by atoms with Crippen LogP contribution in [0, 0.1) is 12.8 Å². The molecule has 0 amide bonds. The summed E-state index contributed by atoms with van der Waals surface area (Å²) in [6.07, 6.45) is 5.62. The second-order valence-corrected chi connectivity index (χ2v) is 5.71. The summed E-state index contributed by atoms with van der Waals surface area (Å²) in [4.78, 5) is 24.3. The number of nitrogens with zero attached hydrogens (tertiary/aromatic N) is 2. The molecule has 1 aliphatic rings. The topological polar surface area (TPSA) is 44.0 Å². The summed E-state index contributed by atoms with van der Waals surface area (Å²) in [5.41, 5.74) is 0.549. The highest BCUT2D eigenvalue weighted by Crippen LogP contribution is 2.29. The summed E-state index contributed by atoms with van der Waals surface area (Å²) in [7, 11) is 0. The van der Waals surface area contributed by atoms with Crippen LogP contribution in [-0.4, -0.2) is 9.13 Å². The first kappa shape index (κ1) is 13.2. The Morgan fingerprint density at radius 1 is 1.20 bits per heavy atom. The van der Waals surface area contributed by atoms with Gasteiger partial charge in [0.15, 0.2) is 0 Å². The molecule has 0 saturated heterocycles. The maximum absolute atomic E-state index is 12.2. The molecule has 0 N–H and O–H groups in total. The number of aromatic nitrogens is 2. The molecule has 1 aliphatic carbocycles. The molecule has 0 unspecified atom stereocenters. The lowest BCUT2D eigenvalue weighted by Gasteiger charge is -2.09. The normalized spacial score (nSPS) is 14.5. The van der Waals surface area contributed by atoms with Gasteiger partial charge in [-0.1, -0.05) is 11.6 Å². The van der Waals surface area contributed by atoms with Gasteiger partial charge >= 0.3 is 11.1 Å². The lowest BCUT2D eigenvalue weighted by Crippen LogP contribution is -2.40. The third kappa shape index (κ3) is 2.43. The fraction of sp³-hybridized carbons (Fsp3) is 0.333. The third-order valence-electron chi connectivity index (χ3n) is 3.63. The Morgan fingerprint density at radius 2 is 1.95 bits per heavy atom. The van der Waals surface area contributed by atoms with Crippen molar-refractivity contribution in [1.29, 1.82) is 0 Å². The first-order valence-electron chi connectivity index (χ1n) is 6.65. The van der Waals surface area contributed by atoms with E-state index in [1.165, 1.54) is 9.13 Å². The van der Waals surface area contributed by atoms with Crippen LogP contribution in [0.25, 0.3) is 5.69 Å². The van der Waals surface area contributed by atoms with E-state index in [4.69, 9.17) is 11.6 Å². The lowest BCUT2D eigenvalue weighted by molar-refractivity contribution is 0.592. The van der Waals surface area contributed by atoms with Crippen LogP contribution in [0.1, 0.15) is 18.4 Å². The van der Waals surface area contributed by atoms with E-state index in [1.54, 1.807) is 30.6 Å². The Morgan fingerprint density at radius 3 is 2.60 bits per heavy atom. The van der Waals surface area contributed by atoms with Crippen molar-refractivity contribution in [2.24, 2.45) is 5.92 Å². The van der Waals surface area contributed by atoms with Crippen LogP contribution in [0.2, 0.25) is 5.02 Å². The van der Waals surface area contributed by atoms with Gasteiger partial charge in [0.1, 0.15) is 0 Å². The van der Waals surface area contributed by atoms with Crippen molar-refractivity contribution in [3.63, 3.8) is 0 Å². The molecule has 0 spiro atoms. The SMILES string of the molecule is Cc1cc(-n2ccn(CC3CC3)c(=O)c2=O)ccc1Cl. The fourth-order valence-corrected chi connectivity index (χ4v) is 2.33. The van der Waals surface area contributed by atoms with E-state index in [0.717, 1.165) is 18.4 Å². The number of hydrogen-bond acceptors (Lipinski definition) is 2. The smallest absolute Gasteiger partial charge is 0.309 e. The summed E-state index contributed by atoms with van der Waals surface area (Å²) in [5.74, 6) is 0.556. The molecule has 104 valence electrons. The Balaban J connectivity index is 2.05. The van der Waals surface area contributed by atoms with Gasteiger partial charge in [-0.15, -0.1) is 0 Å². The van der Waals surface area contributed by atoms with Crippen LogP contribution in [0.3, 0.4) is 0 Å². The van der Waals surface area contributed by atoms with Crippen molar-refractivity contribution in [3.05, 3.63) is 61.9 Å². The summed E-state index contributed by atoms with van der Waals surface area (Å²) in [5, 5.41) is 0.642. The van der Waals surface area contributed by atoms with Crippen molar-refractivity contribution >= 4 is 11.6 Å². The predicted octanol–water partition coefficient (Wildman–Crippen LogP) is 2.37. The highest BCUT2D eigenvalue weighted by Gasteiger charge is 2.22. The van der Waals surface area contributed by atoms with E-state index in [9.17, 15) is 9.59 Å². The van der Waals surface area contributed by atoms with E-state index in [1.807, 2.05) is 6.92 Å². The molecule has 20 heavy (non-hydrogen) atoms. The quantitative estimate of drug-likeness (QED) is 0.815. The van der Waals surface area contributed by atoms with E-state index < -0.39 is 11.1 Å². The minimum absolute atomic E-state index is 0.466. The predicted molar refractivity (Wildman–Crippen MR) is 78.8 cm³/mol. The lowest BCUT2D eigenvalue weighted by atomic mass is 10.2. The van der Waals surface area contributed by atoms with E-state index >= 15 is 0 Å². The van der Waals surface area contributed by atoms with Crippen molar-refractivity contribution < 1.29 is 0 Å². The molecule has 0 aliphatic heterocycles. The van der Waals surface area contributed by atoms with E-state index in [2.05, 4.69) is 0 Å². The van der Waals surface area contributed by atoms with Gasteiger partial charge < -0.3 is 4.57 Å². The Bertz CT molecular complexity index is 772. The van der Waals surface area contributed by atoms with Crippen molar-refractivity contribution in [2.75, 3.05) is 0 Å². The van der Waals surface area contributed by atoms with Crippen molar-refractivity contribution in [3.8, 4) is 5.69 Å². The minimum atomic E-state index is -0.519. The second-order valence-electron chi connectivity index (χ2n) is 5.31. The summed E-state index contributed by atoms with van der Waals surface area (Å²) in [6, 6.07) is 5.27. The highest BCUT2D eigenvalue weighted by atomic mass is 35.5. The van der Waals surface area contributed by atoms with Gasteiger partial charge in [0, 0.05) is 29.6 Å². The summed E-state index contributed by atoms with van der Waals surface area (Å²) in [6.45, 7) is 2.51. The standard InChI is InChI=1S/C15H15ClN2O2/c1-10-8-12(4-5-13(10)16)18-7-6-17(9-11-2-3-11)14(19)15(18)20/h4-8,11H,2-3,9H2,1H3. The van der Waals surface area contributed by atoms with E-state index in [-0.39, 0.29) is 0 Å². The largest absolute Gasteiger partial charge is 0.320 e. The maximum atomic E-state index is 12.2. The van der Waals surface area contributed by atoms with Gasteiger partial charge in [-0.2, -0.15) is 0 Å². The molecule has 1 fully saturated rings. The monoisotopic (exact) mass is 290 g/mol. The molecular formula is C15H15ClN2O2. The zero-order chi connectivity index (χ0) is 14.3. The summed E-state index contributed by atoms with van der Waals surface area (Å²) >= 11 is 5.98. The van der Waals surface area contributed by atoms with Crippen LogP contribution in [0.15, 0.2) is 40.2 Å². The Labute approximate surface area is 121 Å². The molecule has 1 aromatic heterocycles. The van der Waals surface area contributed by atoms with E-state index in [0.29, 0.717) is 23.2 Å². The Kier molecular flexibility index (Phi) is 3.26. The molecule has 0 radical (unpaired) electrons. The fourth-order valence-electron chi connectivity index (χ4n) is 2.21. The number of rotatable bonds is 3. The number of hydrogen-bond donors (Lipinski definition) is 0. The molecule has 0 bridgehead atoms. The number of halogens is 1. The molecular weight excluding hydrogens is 276 g/mol. The molecule has 1 heterocycles. The molecule has 1 aromatic carbocycles. The van der Waals surface area contributed by atoms with Crippen LogP contribution in [0.4, 0.5) is 0 Å². The summed E-state index contributed by atoms with van der Waals surface area (Å²) < 4.78 is 2.88. The average Bonchev–Trinajstić information content (AvgIpc) is 3.23. The van der Waals surface area contributed by atoms with Crippen LogP contribution < -0.4 is 11.1 Å². The average molecular weight is 291 g/mol. The zero-order valence-corrected chi connectivity index (χ0v) is 11.9.